The minimum atomic E-state index is -0.535. The summed E-state index contributed by atoms with van der Waals surface area (Å²) in [7, 11) is 2.62. The number of nitrogens with zero attached hydrogens (tertiary/aromatic N) is 1. The summed E-state index contributed by atoms with van der Waals surface area (Å²) in [6, 6.07) is 6.13. The maximum Gasteiger partial charge on any atom is 0.350 e. The zero-order chi connectivity index (χ0) is 15.6. The van der Waals surface area contributed by atoms with Gasteiger partial charge in [0.25, 0.3) is 0 Å². The van der Waals surface area contributed by atoms with Crippen LogP contribution in [0.3, 0.4) is 0 Å². The number of nitrogens with two attached hydrogens (primary N) is 1. The van der Waals surface area contributed by atoms with E-state index in [9.17, 15) is 14.9 Å². The standard InChI is InChI=1S/C13H12N2O5S/c1-19-10-4-3-7(5-9(10)15(17)18)11-6-8(14)12(21-11)13(16)20-2/h3-6H,14H2,1-2H3. The lowest BCUT2D eigenvalue weighted by Crippen LogP contribution is -2.00. The smallest absolute Gasteiger partial charge is 0.350 e. The summed E-state index contributed by atoms with van der Waals surface area (Å²) in [6.07, 6.45) is 0. The van der Waals surface area contributed by atoms with E-state index in [1.807, 2.05) is 0 Å². The molecule has 1 aromatic heterocycles. The number of esters is 1. The molecule has 8 heteroatoms. The van der Waals surface area contributed by atoms with Crippen LogP contribution in [-0.4, -0.2) is 25.1 Å². The Hall–Kier alpha value is -2.61. The molecule has 0 aliphatic carbocycles. The van der Waals surface area contributed by atoms with Crippen LogP contribution in [-0.2, 0) is 4.74 Å². The van der Waals surface area contributed by atoms with Crippen molar-refractivity contribution in [2.24, 2.45) is 0 Å². The molecule has 2 aromatic rings. The summed E-state index contributed by atoms with van der Waals surface area (Å²) < 4.78 is 9.57. The highest BCUT2D eigenvalue weighted by molar-refractivity contribution is 7.18. The molecule has 0 radical (unpaired) electrons. The highest BCUT2D eigenvalue weighted by Gasteiger charge is 2.19. The Labute approximate surface area is 124 Å². The summed E-state index contributed by atoms with van der Waals surface area (Å²) >= 11 is 1.12. The third-order valence-corrected chi connectivity index (χ3v) is 3.97. The first-order valence-corrected chi connectivity index (χ1v) is 6.60. The van der Waals surface area contributed by atoms with Crippen molar-refractivity contribution < 1.29 is 19.2 Å². The highest BCUT2D eigenvalue weighted by atomic mass is 32.1. The number of benzene rings is 1. The van der Waals surface area contributed by atoms with Gasteiger partial charge < -0.3 is 15.2 Å². The molecule has 0 spiro atoms. The van der Waals surface area contributed by atoms with Crippen molar-refractivity contribution in [3.05, 3.63) is 39.3 Å². The summed E-state index contributed by atoms with van der Waals surface area (Å²) in [6.45, 7) is 0. The van der Waals surface area contributed by atoms with E-state index in [0.717, 1.165) is 11.3 Å². The molecule has 110 valence electrons. The molecule has 0 fully saturated rings. The molecular weight excluding hydrogens is 296 g/mol. The Balaban J connectivity index is 2.50. The Morgan fingerprint density at radius 3 is 2.62 bits per heavy atom. The number of hydrogen-bond acceptors (Lipinski definition) is 7. The van der Waals surface area contributed by atoms with Crippen molar-refractivity contribution in [3.8, 4) is 16.2 Å². The predicted molar refractivity (Wildman–Crippen MR) is 78.7 cm³/mol. The summed E-state index contributed by atoms with van der Waals surface area (Å²) in [5.41, 5.74) is 6.47. The molecule has 0 amide bonds. The van der Waals surface area contributed by atoms with Crippen LogP contribution in [0.5, 0.6) is 5.75 Å². The van der Waals surface area contributed by atoms with Crippen molar-refractivity contribution in [2.45, 2.75) is 0 Å². The zero-order valence-electron chi connectivity index (χ0n) is 11.3. The fourth-order valence-electron chi connectivity index (χ4n) is 1.79. The Morgan fingerprint density at radius 1 is 1.33 bits per heavy atom. The number of hydrogen-bond donors (Lipinski definition) is 1. The van der Waals surface area contributed by atoms with E-state index in [4.69, 9.17) is 10.5 Å². The van der Waals surface area contributed by atoms with E-state index in [1.165, 1.54) is 26.4 Å². The summed E-state index contributed by atoms with van der Waals surface area (Å²) in [5.74, 6) is -0.367. The van der Waals surface area contributed by atoms with E-state index in [-0.39, 0.29) is 22.0 Å². The van der Waals surface area contributed by atoms with E-state index in [2.05, 4.69) is 4.74 Å². The van der Waals surface area contributed by atoms with Crippen molar-refractivity contribution in [3.63, 3.8) is 0 Å². The first-order valence-electron chi connectivity index (χ1n) is 5.78. The van der Waals surface area contributed by atoms with Crippen LogP contribution in [0.15, 0.2) is 24.3 Å². The zero-order valence-corrected chi connectivity index (χ0v) is 12.1. The minimum Gasteiger partial charge on any atom is -0.490 e. The van der Waals surface area contributed by atoms with Gasteiger partial charge in [0.1, 0.15) is 4.88 Å². The van der Waals surface area contributed by atoms with Gasteiger partial charge in [-0.15, -0.1) is 11.3 Å². The lowest BCUT2D eigenvalue weighted by molar-refractivity contribution is -0.385. The molecular formula is C13H12N2O5S. The van der Waals surface area contributed by atoms with Gasteiger partial charge in [0.05, 0.1) is 24.8 Å². The van der Waals surface area contributed by atoms with E-state index >= 15 is 0 Å². The lowest BCUT2D eigenvalue weighted by Gasteiger charge is -2.03. The van der Waals surface area contributed by atoms with Gasteiger partial charge in [0.2, 0.25) is 0 Å². The molecule has 21 heavy (non-hydrogen) atoms. The molecule has 0 unspecified atom stereocenters. The molecule has 1 aromatic carbocycles. The summed E-state index contributed by atoms with van der Waals surface area (Å²) in [5, 5.41) is 11.0. The fourth-order valence-corrected chi connectivity index (χ4v) is 2.78. The second-order valence-electron chi connectivity index (χ2n) is 4.03. The van der Waals surface area contributed by atoms with Crippen LogP contribution in [0.1, 0.15) is 9.67 Å². The van der Waals surface area contributed by atoms with Gasteiger partial charge in [-0.2, -0.15) is 0 Å². The molecule has 0 atom stereocenters. The largest absolute Gasteiger partial charge is 0.490 e. The molecule has 2 rings (SSSR count). The van der Waals surface area contributed by atoms with Gasteiger partial charge in [0, 0.05) is 10.9 Å². The second-order valence-corrected chi connectivity index (χ2v) is 5.08. The number of nitro benzene ring substituents is 1. The Morgan fingerprint density at radius 2 is 2.05 bits per heavy atom. The number of ether oxygens (including phenoxy) is 2. The Kier molecular flexibility index (Phi) is 4.08. The number of rotatable bonds is 4. The number of nitro groups is 1. The van der Waals surface area contributed by atoms with E-state index in [0.29, 0.717) is 10.4 Å². The number of anilines is 1. The number of methoxy groups -OCH3 is 2. The first-order chi connectivity index (χ1) is 9.97. The molecule has 0 aliphatic rings. The minimum absolute atomic E-state index is 0.151. The van der Waals surface area contributed by atoms with Gasteiger partial charge in [-0.3, -0.25) is 10.1 Å². The molecule has 2 N–H and O–H groups in total. The van der Waals surface area contributed by atoms with Crippen LogP contribution in [0.25, 0.3) is 10.4 Å². The van der Waals surface area contributed by atoms with Gasteiger partial charge in [-0.25, -0.2) is 4.79 Å². The van der Waals surface area contributed by atoms with Gasteiger partial charge >= 0.3 is 11.7 Å². The molecule has 0 saturated carbocycles. The molecule has 0 aliphatic heterocycles. The third-order valence-electron chi connectivity index (χ3n) is 2.79. The van der Waals surface area contributed by atoms with Crippen LogP contribution in [0, 0.1) is 10.1 Å². The first kappa shape index (κ1) is 14.8. The maximum atomic E-state index is 11.5. The van der Waals surface area contributed by atoms with Gasteiger partial charge in [-0.05, 0) is 23.8 Å². The van der Waals surface area contributed by atoms with Crippen molar-refractivity contribution >= 4 is 28.7 Å². The Bertz CT molecular complexity index is 711. The van der Waals surface area contributed by atoms with Gasteiger partial charge in [-0.1, -0.05) is 0 Å². The SMILES string of the molecule is COC(=O)c1sc(-c2ccc(OC)c([N+](=O)[O-])c2)cc1N. The van der Waals surface area contributed by atoms with Crippen LogP contribution in [0.4, 0.5) is 11.4 Å². The average Bonchev–Trinajstić information content (AvgIpc) is 2.87. The van der Waals surface area contributed by atoms with Gasteiger partial charge in [0.15, 0.2) is 5.75 Å². The third kappa shape index (κ3) is 2.79. The maximum absolute atomic E-state index is 11.5. The summed E-state index contributed by atoms with van der Waals surface area (Å²) in [4.78, 5) is 22.9. The molecule has 7 nitrogen and oxygen atoms in total. The number of thiophene rings is 1. The molecule has 0 saturated heterocycles. The number of nitrogen functional groups attached to an aromatic ring is 1. The quantitative estimate of drug-likeness (QED) is 0.529. The van der Waals surface area contributed by atoms with Crippen molar-refractivity contribution in [1.29, 1.82) is 0 Å². The molecule has 0 bridgehead atoms. The van der Waals surface area contributed by atoms with Crippen molar-refractivity contribution in [1.82, 2.24) is 0 Å². The number of carbonyl (C=O) groups is 1. The van der Waals surface area contributed by atoms with Crippen molar-refractivity contribution in [2.75, 3.05) is 20.0 Å². The number of carbonyl (C=O) groups excluding carboxylic acids is 1. The van der Waals surface area contributed by atoms with E-state index in [1.54, 1.807) is 12.1 Å². The second kappa shape index (κ2) is 5.80. The lowest BCUT2D eigenvalue weighted by atomic mass is 10.1. The van der Waals surface area contributed by atoms with E-state index < -0.39 is 10.9 Å². The highest BCUT2D eigenvalue weighted by Crippen LogP contribution is 2.37. The molecule has 1 heterocycles. The van der Waals surface area contributed by atoms with Crippen LogP contribution >= 0.6 is 11.3 Å². The van der Waals surface area contributed by atoms with Crippen LogP contribution in [0.2, 0.25) is 0 Å². The average molecular weight is 308 g/mol. The topological polar surface area (TPSA) is 105 Å². The monoisotopic (exact) mass is 308 g/mol. The predicted octanol–water partition coefficient (Wildman–Crippen LogP) is 2.70. The van der Waals surface area contributed by atoms with Crippen LogP contribution < -0.4 is 10.5 Å². The normalized spacial score (nSPS) is 10.2. The fraction of sp³-hybridized carbons (Fsp3) is 0.154.